The number of hydrogen-bond acceptors (Lipinski definition) is 7. The van der Waals surface area contributed by atoms with E-state index in [0.717, 1.165) is 38.2 Å². The lowest BCUT2D eigenvalue weighted by atomic mass is 10.00. The molecule has 3 atom stereocenters. The standard InChI is InChI=1S/C19H25F3N6O3S/c1-13-5-3-4-6-28(13)14-8-27(32(29,30)18-10-26(2)12-25-18)9-15(14)31-17-7-16(19(20,21)22)23-11-24-17/h7,10-15H,3-6,8-9H2,1-2H3/t13?,14-,15-/m0/s1. The van der Waals surface area contributed by atoms with Gasteiger partial charge in [0, 0.05) is 31.9 Å². The van der Waals surface area contributed by atoms with Gasteiger partial charge in [0.15, 0.2) is 10.7 Å². The number of aromatic nitrogens is 4. The number of hydrogen-bond donors (Lipinski definition) is 0. The van der Waals surface area contributed by atoms with Crippen LogP contribution in [0.5, 0.6) is 5.88 Å². The Hall–Kier alpha value is -2.25. The molecule has 2 aromatic heterocycles. The molecule has 2 aliphatic rings. The van der Waals surface area contributed by atoms with Crippen molar-refractivity contribution in [2.24, 2.45) is 7.05 Å². The maximum absolute atomic E-state index is 13.1. The molecule has 0 bridgehead atoms. The number of halogens is 3. The second-order valence-electron chi connectivity index (χ2n) is 8.24. The first-order valence-electron chi connectivity index (χ1n) is 10.4. The van der Waals surface area contributed by atoms with Crippen LogP contribution in [-0.2, 0) is 23.2 Å². The second kappa shape index (κ2) is 8.60. The molecule has 4 rings (SSSR count). The van der Waals surface area contributed by atoms with E-state index in [2.05, 4.69) is 26.8 Å². The van der Waals surface area contributed by atoms with E-state index >= 15 is 0 Å². The number of alkyl halides is 3. The maximum atomic E-state index is 13.1. The number of likely N-dealkylation sites (tertiary alicyclic amines) is 1. The number of ether oxygens (including phenoxy) is 1. The van der Waals surface area contributed by atoms with Gasteiger partial charge in [0.25, 0.3) is 10.0 Å². The van der Waals surface area contributed by atoms with E-state index in [4.69, 9.17) is 4.74 Å². The first-order chi connectivity index (χ1) is 15.1. The predicted octanol–water partition coefficient (Wildman–Crippen LogP) is 1.92. The molecule has 2 saturated heterocycles. The highest BCUT2D eigenvalue weighted by Gasteiger charge is 2.46. The molecule has 32 heavy (non-hydrogen) atoms. The molecule has 0 amide bonds. The van der Waals surface area contributed by atoms with Crippen LogP contribution in [0.4, 0.5) is 13.2 Å². The summed E-state index contributed by atoms with van der Waals surface area (Å²) >= 11 is 0. The quantitative estimate of drug-likeness (QED) is 0.654. The third kappa shape index (κ3) is 4.59. The Morgan fingerprint density at radius 3 is 2.59 bits per heavy atom. The number of nitrogens with zero attached hydrogens (tertiary/aromatic N) is 6. The van der Waals surface area contributed by atoms with Crippen molar-refractivity contribution in [2.75, 3.05) is 19.6 Å². The van der Waals surface area contributed by atoms with E-state index in [0.29, 0.717) is 0 Å². The number of aryl methyl sites for hydroxylation is 1. The first-order valence-corrected chi connectivity index (χ1v) is 11.8. The van der Waals surface area contributed by atoms with Gasteiger partial charge in [-0.1, -0.05) is 6.42 Å². The molecule has 0 spiro atoms. The van der Waals surface area contributed by atoms with Crippen molar-refractivity contribution in [1.29, 1.82) is 0 Å². The molecule has 0 saturated carbocycles. The lowest BCUT2D eigenvalue weighted by Gasteiger charge is -2.39. The van der Waals surface area contributed by atoms with Crippen LogP contribution in [0.15, 0.2) is 29.9 Å². The first kappa shape index (κ1) is 22.9. The molecule has 13 heteroatoms. The monoisotopic (exact) mass is 474 g/mol. The molecule has 2 aliphatic heterocycles. The van der Waals surface area contributed by atoms with E-state index in [1.165, 1.54) is 16.8 Å². The molecule has 176 valence electrons. The van der Waals surface area contributed by atoms with Crippen molar-refractivity contribution in [3.05, 3.63) is 30.6 Å². The second-order valence-corrected chi connectivity index (χ2v) is 10.1. The molecule has 4 heterocycles. The van der Waals surface area contributed by atoms with E-state index in [1.807, 2.05) is 0 Å². The summed E-state index contributed by atoms with van der Waals surface area (Å²) in [5.41, 5.74) is -1.11. The topological polar surface area (TPSA) is 93.5 Å². The zero-order valence-corrected chi connectivity index (χ0v) is 18.6. The van der Waals surface area contributed by atoms with Crippen LogP contribution in [0.2, 0.25) is 0 Å². The van der Waals surface area contributed by atoms with Crippen LogP contribution in [0, 0.1) is 0 Å². The van der Waals surface area contributed by atoms with Crippen molar-refractivity contribution < 1.29 is 26.3 Å². The summed E-state index contributed by atoms with van der Waals surface area (Å²) in [6.45, 7) is 2.97. The fourth-order valence-electron chi connectivity index (χ4n) is 4.33. The average Bonchev–Trinajstić information content (AvgIpc) is 3.35. The van der Waals surface area contributed by atoms with Crippen LogP contribution in [0.1, 0.15) is 31.9 Å². The zero-order valence-electron chi connectivity index (χ0n) is 17.7. The number of sulfonamides is 1. The van der Waals surface area contributed by atoms with E-state index in [1.54, 1.807) is 11.6 Å². The predicted molar refractivity (Wildman–Crippen MR) is 107 cm³/mol. The van der Waals surface area contributed by atoms with Gasteiger partial charge in [0.05, 0.1) is 18.9 Å². The van der Waals surface area contributed by atoms with Gasteiger partial charge < -0.3 is 9.30 Å². The van der Waals surface area contributed by atoms with Gasteiger partial charge in [-0.3, -0.25) is 4.90 Å². The van der Waals surface area contributed by atoms with Gasteiger partial charge in [0.1, 0.15) is 12.4 Å². The largest absolute Gasteiger partial charge is 0.471 e. The highest BCUT2D eigenvalue weighted by Crippen LogP contribution is 2.32. The fourth-order valence-corrected chi connectivity index (χ4v) is 5.77. The number of imidazole rings is 1. The molecule has 0 aliphatic carbocycles. The van der Waals surface area contributed by atoms with Crippen molar-refractivity contribution >= 4 is 10.0 Å². The van der Waals surface area contributed by atoms with E-state index in [9.17, 15) is 21.6 Å². The molecule has 0 radical (unpaired) electrons. The average molecular weight is 475 g/mol. The fraction of sp³-hybridized carbons (Fsp3) is 0.632. The highest BCUT2D eigenvalue weighted by molar-refractivity contribution is 7.89. The van der Waals surface area contributed by atoms with Crippen molar-refractivity contribution in [3.63, 3.8) is 0 Å². The summed E-state index contributed by atoms with van der Waals surface area (Å²) in [5, 5.41) is -0.0764. The lowest BCUT2D eigenvalue weighted by molar-refractivity contribution is -0.141. The minimum atomic E-state index is -4.63. The number of rotatable bonds is 5. The van der Waals surface area contributed by atoms with Crippen molar-refractivity contribution in [3.8, 4) is 5.88 Å². The highest BCUT2D eigenvalue weighted by atomic mass is 32.2. The lowest BCUT2D eigenvalue weighted by Crippen LogP contribution is -2.51. The van der Waals surface area contributed by atoms with Crippen LogP contribution in [0.3, 0.4) is 0 Å². The summed E-state index contributed by atoms with van der Waals surface area (Å²) in [7, 11) is -2.21. The van der Waals surface area contributed by atoms with Crippen LogP contribution < -0.4 is 4.74 Å². The Balaban J connectivity index is 1.62. The Bertz CT molecular complexity index is 1060. The van der Waals surface area contributed by atoms with Crippen LogP contribution >= 0.6 is 0 Å². The summed E-state index contributed by atoms with van der Waals surface area (Å²) in [6.07, 6.45) is 1.30. The van der Waals surface area contributed by atoms with Gasteiger partial charge >= 0.3 is 6.18 Å². The van der Waals surface area contributed by atoms with Gasteiger partial charge in [-0.25, -0.2) is 23.4 Å². The normalized spacial score (nSPS) is 25.8. The summed E-state index contributed by atoms with van der Waals surface area (Å²) in [6, 6.07) is 0.619. The van der Waals surface area contributed by atoms with Crippen LogP contribution in [0.25, 0.3) is 0 Å². The molecule has 0 aromatic carbocycles. The third-order valence-electron chi connectivity index (χ3n) is 5.97. The molecular weight excluding hydrogens is 449 g/mol. The Morgan fingerprint density at radius 1 is 1.16 bits per heavy atom. The minimum absolute atomic E-state index is 0.0157. The molecule has 9 nitrogen and oxygen atoms in total. The molecular formula is C19H25F3N6O3S. The Kier molecular flexibility index (Phi) is 6.16. The van der Waals surface area contributed by atoms with Gasteiger partial charge in [-0.05, 0) is 26.3 Å². The van der Waals surface area contributed by atoms with Crippen molar-refractivity contribution in [1.82, 2.24) is 28.7 Å². The Labute approximate surface area is 184 Å². The summed E-state index contributed by atoms with van der Waals surface area (Å²) in [4.78, 5) is 13.2. The zero-order chi connectivity index (χ0) is 23.1. The molecule has 0 N–H and O–H groups in total. The Morgan fingerprint density at radius 2 is 1.94 bits per heavy atom. The maximum Gasteiger partial charge on any atom is 0.433 e. The van der Waals surface area contributed by atoms with Crippen molar-refractivity contribution in [2.45, 2.75) is 55.6 Å². The smallest absolute Gasteiger partial charge is 0.433 e. The summed E-state index contributed by atoms with van der Waals surface area (Å²) < 4.78 is 74.2. The SMILES string of the molecule is CC1CCCCN1[C@H]1CN(S(=O)(=O)c2cn(C)cn2)C[C@@H]1Oc1cc(C(F)(F)F)ncn1. The molecule has 2 fully saturated rings. The van der Waals surface area contributed by atoms with Gasteiger partial charge in [0.2, 0.25) is 5.88 Å². The number of piperidine rings is 1. The molecule has 1 unspecified atom stereocenters. The van der Waals surface area contributed by atoms with Gasteiger partial charge in [-0.2, -0.15) is 17.5 Å². The third-order valence-corrected chi connectivity index (χ3v) is 7.69. The minimum Gasteiger partial charge on any atom is -0.471 e. The molecule has 2 aromatic rings. The van der Waals surface area contributed by atoms with E-state index < -0.39 is 28.0 Å². The van der Waals surface area contributed by atoms with Crippen LogP contribution in [-0.4, -0.2) is 75.0 Å². The van der Waals surface area contributed by atoms with E-state index in [-0.39, 0.29) is 36.1 Å². The van der Waals surface area contributed by atoms with Gasteiger partial charge in [-0.15, -0.1) is 0 Å². The summed E-state index contributed by atoms with van der Waals surface area (Å²) in [5.74, 6) is -0.232.